The second kappa shape index (κ2) is 4.16. The van der Waals surface area contributed by atoms with E-state index in [1.54, 1.807) is 24.4 Å². The van der Waals surface area contributed by atoms with Gasteiger partial charge in [-0.05, 0) is 18.2 Å². The monoisotopic (exact) mass is 240 g/mol. The average Bonchev–Trinajstić information content (AvgIpc) is 2.82. The predicted molar refractivity (Wildman–Crippen MR) is 68.2 cm³/mol. The van der Waals surface area contributed by atoms with Crippen molar-refractivity contribution in [3.8, 4) is 17.0 Å². The van der Waals surface area contributed by atoms with Crippen LogP contribution in [0.25, 0.3) is 16.9 Å². The highest BCUT2D eigenvalue weighted by atomic mass is 16.3. The molecule has 0 fully saturated rings. The molecule has 18 heavy (non-hydrogen) atoms. The van der Waals surface area contributed by atoms with Gasteiger partial charge in [0.25, 0.3) is 0 Å². The van der Waals surface area contributed by atoms with Crippen LogP contribution in [-0.4, -0.2) is 19.6 Å². The van der Waals surface area contributed by atoms with Crippen LogP contribution in [0.4, 0.5) is 0 Å². The summed E-state index contributed by atoms with van der Waals surface area (Å²) in [6.45, 7) is -0.0408. The van der Waals surface area contributed by atoms with E-state index in [2.05, 4.69) is 4.98 Å². The second-order valence-corrected chi connectivity index (χ2v) is 4.08. The fourth-order valence-electron chi connectivity index (χ4n) is 2.07. The van der Waals surface area contributed by atoms with Crippen LogP contribution in [0.3, 0.4) is 0 Å². The minimum Gasteiger partial charge on any atom is -0.508 e. The van der Waals surface area contributed by atoms with Crippen molar-refractivity contribution in [1.29, 1.82) is 0 Å². The van der Waals surface area contributed by atoms with Crippen molar-refractivity contribution in [1.82, 2.24) is 9.38 Å². The molecule has 0 bridgehead atoms. The van der Waals surface area contributed by atoms with Crippen molar-refractivity contribution >= 4 is 5.65 Å². The molecule has 0 radical (unpaired) electrons. The van der Waals surface area contributed by atoms with Gasteiger partial charge in [0.2, 0.25) is 0 Å². The normalized spacial score (nSPS) is 10.9. The number of benzene rings is 1. The highest BCUT2D eigenvalue weighted by molar-refractivity contribution is 5.66. The molecule has 0 saturated heterocycles. The predicted octanol–water partition coefficient (Wildman–Crippen LogP) is 2.20. The topological polar surface area (TPSA) is 57.8 Å². The van der Waals surface area contributed by atoms with Crippen LogP contribution >= 0.6 is 0 Å². The second-order valence-electron chi connectivity index (χ2n) is 4.08. The maximum absolute atomic E-state index is 9.52. The molecular weight excluding hydrogens is 228 g/mol. The molecule has 4 heteroatoms. The summed E-state index contributed by atoms with van der Waals surface area (Å²) >= 11 is 0. The van der Waals surface area contributed by atoms with E-state index in [9.17, 15) is 10.2 Å². The Balaban J connectivity index is 2.25. The van der Waals surface area contributed by atoms with Crippen molar-refractivity contribution < 1.29 is 10.2 Å². The lowest BCUT2D eigenvalue weighted by molar-refractivity contribution is 0.282. The number of aliphatic hydroxyl groups is 1. The van der Waals surface area contributed by atoms with Crippen molar-refractivity contribution in [3.63, 3.8) is 0 Å². The molecule has 0 atom stereocenters. The number of aliphatic hydroxyl groups excluding tert-OH is 1. The molecule has 0 unspecified atom stereocenters. The largest absolute Gasteiger partial charge is 0.508 e. The van der Waals surface area contributed by atoms with Crippen LogP contribution in [0, 0.1) is 0 Å². The minimum absolute atomic E-state index is 0.0408. The maximum Gasteiger partial charge on any atom is 0.142 e. The number of aromatic hydroxyl groups is 1. The van der Waals surface area contributed by atoms with Gasteiger partial charge >= 0.3 is 0 Å². The van der Waals surface area contributed by atoms with Crippen LogP contribution in [0.15, 0.2) is 48.8 Å². The zero-order valence-electron chi connectivity index (χ0n) is 9.61. The minimum atomic E-state index is -0.0408. The fourth-order valence-corrected chi connectivity index (χ4v) is 2.07. The van der Waals surface area contributed by atoms with Gasteiger partial charge in [0.1, 0.15) is 11.4 Å². The van der Waals surface area contributed by atoms with E-state index in [0.717, 1.165) is 22.5 Å². The molecule has 90 valence electrons. The number of nitrogens with zero attached hydrogens (tertiary/aromatic N) is 2. The van der Waals surface area contributed by atoms with E-state index in [1.807, 2.05) is 28.8 Å². The molecule has 2 aromatic heterocycles. The number of imidazole rings is 1. The SMILES string of the molecule is OCc1cccn2c(-c3cccc(O)c3)cnc12. The maximum atomic E-state index is 9.52. The highest BCUT2D eigenvalue weighted by Gasteiger charge is 2.08. The Hall–Kier alpha value is -2.33. The van der Waals surface area contributed by atoms with Crippen LogP contribution in [0.2, 0.25) is 0 Å². The smallest absolute Gasteiger partial charge is 0.142 e. The molecule has 0 aliphatic carbocycles. The number of hydrogen-bond donors (Lipinski definition) is 2. The summed E-state index contributed by atoms with van der Waals surface area (Å²) < 4.78 is 1.90. The third kappa shape index (κ3) is 1.63. The van der Waals surface area contributed by atoms with Gasteiger partial charge in [-0.15, -0.1) is 0 Å². The standard InChI is InChI=1S/C14H12N2O2/c17-9-11-4-2-6-16-13(8-15-14(11)16)10-3-1-5-12(18)7-10/h1-8,17-18H,9H2. The third-order valence-corrected chi connectivity index (χ3v) is 2.93. The van der Waals surface area contributed by atoms with Crippen LogP contribution < -0.4 is 0 Å². The molecule has 2 N–H and O–H groups in total. The molecule has 3 rings (SSSR count). The van der Waals surface area contributed by atoms with Crippen molar-refractivity contribution in [2.24, 2.45) is 0 Å². The van der Waals surface area contributed by atoms with Gasteiger partial charge in [-0.25, -0.2) is 4.98 Å². The van der Waals surface area contributed by atoms with Crippen LogP contribution in [0.5, 0.6) is 5.75 Å². The summed E-state index contributed by atoms with van der Waals surface area (Å²) in [5, 5.41) is 18.8. The third-order valence-electron chi connectivity index (χ3n) is 2.93. The average molecular weight is 240 g/mol. The quantitative estimate of drug-likeness (QED) is 0.722. The van der Waals surface area contributed by atoms with E-state index in [-0.39, 0.29) is 12.4 Å². The number of aromatic nitrogens is 2. The van der Waals surface area contributed by atoms with Crippen molar-refractivity contribution in [3.05, 3.63) is 54.4 Å². The van der Waals surface area contributed by atoms with Gasteiger partial charge < -0.3 is 10.2 Å². The molecule has 4 nitrogen and oxygen atoms in total. The molecule has 0 amide bonds. The lowest BCUT2D eigenvalue weighted by Crippen LogP contribution is -1.93. The van der Waals surface area contributed by atoms with Gasteiger partial charge in [0.05, 0.1) is 18.5 Å². The van der Waals surface area contributed by atoms with Crippen molar-refractivity contribution in [2.75, 3.05) is 0 Å². The van der Waals surface area contributed by atoms with Crippen LogP contribution in [0.1, 0.15) is 5.56 Å². The van der Waals surface area contributed by atoms with E-state index < -0.39 is 0 Å². The number of rotatable bonds is 2. The van der Waals surface area contributed by atoms with Gasteiger partial charge in [-0.1, -0.05) is 18.2 Å². The Morgan fingerprint density at radius 2 is 2.06 bits per heavy atom. The number of hydrogen-bond acceptors (Lipinski definition) is 3. The van der Waals surface area contributed by atoms with Gasteiger partial charge in [-0.3, -0.25) is 4.40 Å². The van der Waals surface area contributed by atoms with E-state index in [1.165, 1.54) is 0 Å². The fraction of sp³-hybridized carbons (Fsp3) is 0.0714. The summed E-state index contributed by atoms with van der Waals surface area (Å²) in [7, 11) is 0. The Kier molecular flexibility index (Phi) is 2.50. The molecule has 2 heterocycles. The lowest BCUT2D eigenvalue weighted by Gasteiger charge is -2.04. The van der Waals surface area contributed by atoms with Gasteiger partial charge in [-0.2, -0.15) is 0 Å². The van der Waals surface area contributed by atoms with E-state index in [4.69, 9.17) is 0 Å². The Labute approximate surface area is 104 Å². The first-order valence-corrected chi connectivity index (χ1v) is 5.65. The molecule has 0 aliphatic rings. The lowest BCUT2D eigenvalue weighted by atomic mass is 10.1. The first-order valence-electron chi connectivity index (χ1n) is 5.65. The zero-order valence-corrected chi connectivity index (χ0v) is 9.61. The molecule has 0 aliphatic heterocycles. The molecule has 1 aromatic carbocycles. The number of fused-ring (bicyclic) bond motifs is 1. The summed E-state index contributed by atoms with van der Waals surface area (Å²) in [5.74, 6) is 0.223. The summed E-state index contributed by atoms with van der Waals surface area (Å²) in [4.78, 5) is 4.32. The first kappa shape index (κ1) is 10.8. The van der Waals surface area contributed by atoms with Gasteiger partial charge in [0.15, 0.2) is 0 Å². The molecule has 0 saturated carbocycles. The van der Waals surface area contributed by atoms with Crippen LogP contribution in [-0.2, 0) is 6.61 Å². The summed E-state index contributed by atoms with van der Waals surface area (Å²) in [6, 6.07) is 10.7. The Morgan fingerprint density at radius 3 is 2.83 bits per heavy atom. The Morgan fingerprint density at radius 1 is 1.17 bits per heavy atom. The molecule has 3 aromatic rings. The summed E-state index contributed by atoms with van der Waals surface area (Å²) in [5.41, 5.74) is 3.29. The Bertz CT molecular complexity index is 704. The summed E-state index contributed by atoms with van der Waals surface area (Å²) in [6.07, 6.45) is 3.63. The van der Waals surface area contributed by atoms with Gasteiger partial charge in [0, 0.05) is 17.3 Å². The van der Waals surface area contributed by atoms with Crippen molar-refractivity contribution in [2.45, 2.75) is 6.61 Å². The van der Waals surface area contributed by atoms with E-state index >= 15 is 0 Å². The molecule has 0 spiro atoms. The number of phenols is 1. The molecular formula is C14H12N2O2. The zero-order chi connectivity index (χ0) is 12.5. The van der Waals surface area contributed by atoms with E-state index in [0.29, 0.717) is 0 Å². The number of pyridine rings is 1. The number of phenolic OH excluding ortho intramolecular Hbond substituents is 1. The highest BCUT2D eigenvalue weighted by Crippen LogP contribution is 2.25. The first-order chi connectivity index (χ1) is 8.79.